The number of ether oxygens (including phenoxy) is 1. The third-order valence-electron chi connectivity index (χ3n) is 2.04. The predicted octanol–water partition coefficient (Wildman–Crippen LogP) is 3.20. The molecule has 0 unspecified atom stereocenters. The first kappa shape index (κ1) is 8.82. The van der Waals surface area contributed by atoms with Crippen LogP contribution in [0.25, 0.3) is 10.8 Å². The summed E-state index contributed by atoms with van der Waals surface area (Å²) in [6.45, 7) is 4.16. The molecule has 1 nitrogen and oxygen atoms in total. The zero-order valence-corrected chi connectivity index (χ0v) is 7.86. The van der Waals surface area contributed by atoms with Crippen molar-refractivity contribution in [3.8, 4) is 5.75 Å². The Morgan fingerprint density at radius 2 is 2.29 bits per heavy atom. The standard InChI is InChI=1S/C13H11O/c1-2-10-14-13-9-5-7-11-6-3-4-8-12(11)13/h2-3,5-9H,1,10H2. The quantitative estimate of drug-likeness (QED) is 0.664. The van der Waals surface area contributed by atoms with E-state index in [2.05, 4.69) is 18.7 Å². The second kappa shape index (κ2) is 3.97. The maximum atomic E-state index is 5.53. The first-order valence-corrected chi connectivity index (χ1v) is 4.54. The van der Waals surface area contributed by atoms with Gasteiger partial charge in [0.15, 0.2) is 0 Å². The lowest BCUT2D eigenvalue weighted by Crippen LogP contribution is -1.93. The summed E-state index contributed by atoms with van der Waals surface area (Å²) in [5.41, 5.74) is 0. The highest BCUT2D eigenvalue weighted by molar-refractivity contribution is 5.88. The fraction of sp³-hybridized carbons (Fsp3) is 0.0769. The van der Waals surface area contributed by atoms with Crippen molar-refractivity contribution in [1.82, 2.24) is 0 Å². The maximum Gasteiger partial charge on any atom is 0.127 e. The summed E-state index contributed by atoms with van der Waals surface area (Å²) < 4.78 is 5.53. The van der Waals surface area contributed by atoms with Crippen molar-refractivity contribution in [1.29, 1.82) is 0 Å². The Hall–Kier alpha value is -1.76. The Morgan fingerprint density at radius 1 is 1.36 bits per heavy atom. The van der Waals surface area contributed by atoms with Crippen LogP contribution in [0, 0.1) is 6.07 Å². The molecule has 0 saturated heterocycles. The number of rotatable bonds is 3. The first-order valence-electron chi connectivity index (χ1n) is 4.54. The zero-order valence-electron chi connectivity index (χ0n) is 7.86. The average Bonchev–Trinajstić information content (AvgIpc) is 2.26. The molecule has 2 aromatic rings. The van der Waals surface area contributed by atoms with Crippen LogP contribution in [-0.2, 0) is 0 Å². The van der Waals surface area contributed by atoms with E-state index in [1.54, 1.807) is 6.08 Å². The molecule has 0 N–H and O–H groups in total. The van der Waals surface area contributed by atoms with Crippen LogP contribution >= 0.6 is 0 Å². The second-order valence-corrected chi connectivity index (χ2v) is 3.00. The SMILES string of the molecule is C=CCOc1cccc2cc[c]cc12. The number of hydrogen-bond acceptors (Lipinski definition) is 1. The number of hydrogen-bond donors (Lipinski definition) is 0. The highest BCUT2D eigenvalue weighted by Gasteiger charge is 1.98. The highest BCUT2D eigenvalue weighted by Crippen LogP contribution is 2.24. The Bertz CT molecular complexity index is 440. The summed E-state index contributed by atoms with van der Waals surface area (Å²) in [6, 6.07) is 14.9. The molecule has 0 bridgehead atoms. The highest BCUT2D eigenvalue weighted by atomic mass is 16.5. The summed E-state index contributed by atoms with van der Waals surface area (Å²) in [7, 11) is 0. The normalized spacial score (nSPS) is 10.0. The van der Waals surface area contributed by atoms with Gasteiger partial charge in [-0.2, -0.15) is 0 Å². The Morgan fingerprint density at radius 3 is 3.14 bits per heavy atom. The minimum atomic E-state index is 0.536. The summed E-state index contributed by atoms with van der Waals surface area (Å²) in [5.74, 6) is 0.888. The second-order valence-electron chi connectivity index (χ2n) is 3.00. The molecule has 69 valence electrons. The first-order chi connectivity index (χ1) is 6.92. The van der Waals surface area contributed by atoms with Gasteiger partial charge >= 0.3 is 0 Å². The van der Waals surface area contributed by atoms with Crippen LogP contribution in [0.1, 0.15) is 0 Å². The number of benzene rings is 2. The molecule has 0 aliphatic rings. The van der Waals surface area contributed by atoms with Crippen LogP contribution in [0.4, 0.5) is 0 Å². The molecule has 0 atom stereocenters. The molecule has 2 rings (SSSR count). The minimum absolute atomic E-state index is 0.536. The lowest BCUT2D eigenvalue weighted by atomic mass is 10.1. The van der Waals surface area contributed by atoms with Gasteiger partial charge in [0, 0.05) is 5.39 Å². The Labute approximate surface area is 83.6 Å². The molecule has 1 heteroatoms. The summed E-state index contributed by atoms with van der Waals surface area (Å²) in [4.78, 5) is 0. The van der Waals surface area contributed by atoms with Gasteiger partial charge in [-0.05, 0) is 23.6 Å². The van der Waals surface area contributed by atoms with Gasteiger partial charge in [-0.25, -0.2) is 0 Å². The van der Waals surface area contributed by atoms with Crippen molar-refractivity contribution in [2.45, 2.75) is 0 Å². The van der Waals surface area contributed by atoms with E-state index in [4.69, 9.17) is 4.74 Å². The molecule has 0 saturated carbocycles. The third kappa shape index (κ3) is 1.62. The molecule has 0 aromatic heterocycles. The lowest BCUT2D eigenvalue weighted by Gasteiger charge is -2.06. The van der Waals surface area contributed by atoms with E-state index in [-0.39, 0.29) is 0 Å². The topological polar surface area (TPSA) is 9.23 Å². The van der Waals surface area contributed by atoms with Crippen molar-refractivity contribution >= 4 is 10.8 Å². The van der Waals surface area contributed by atoms with Crippen LogP contribution in [-0.4, -0.2) is 6.61 Å². The molecular formula is C13H11O. The van der Waals surface area contributed by atoms with Gasteiger partial charge in [0.25, 0.3) is 0 Å². The van der Waals surface area contributed by atoms with Crippen LogP contribution in [0.3, 0.4) is 0 Å². The van der Waals surface area contributed by atoms with Crippen LogP contribution in [0.5, 0.6) is 5.75 Å². The van der Waals surface area contributed by atoms with Crippen LogP contribution in [0.2, 0.25) is 0 Å². The number of fused-ring (bicyclic) bond motifs is 1. The molecule has 2 aromatic carbocycles. The van der Waals surface area contributed by atoms with E-state index in [1.807, 2.05) is 30.3 Å². The largest absolute Gasteiger partial charge is 0.489 e. The maximum absolute atomic E-state index is 5.53. The monoisotopic (exact) mass is 183 g/mol. The van der Waals surface area contributed by atoms with Crippen molar-refractivity contribution < 1.29 is 4.74 Å². The molecule has 0 aliphatic heterocycles. The van der Waals surface area contributed by atoms with Gasteiger partial charge in [0.1, 0.15) is 12.4 Å². The Kier molecular flexibility index (Phi) is 2.50. The average molecular weight is 183 g/mol. The summed E-state index contributed by atoms with van der Waals surface area (Å²) in [6.07, 6.45) is 1.74. The molecular weight excluding hydrogens is 172 g/mol. The molecule has 14 heavy (non-hydrogen) atoms. The van der Waals surface area contributed by atoms with Gasteiger partial charge in [0.05, 0.1) is 0 Å². The van der Waals surface area contributed by atoms with Gasteiger partial charge in [0.2, 0.25) is 0 Å². The van der Waals surface area contributed by atoms with Crippen LogP contribution < -0.4 is 4.74 Å². The molecule has 0 amide bonds. The molecule has 0 spiro atoms. The van der Waals surface area contributed by atoms with Crippen LogP contribution in [0.15, 0.2) is 49.1 Å². The smallest absolute Gasteiger partial charge is 0.127 e. The van der Waals surface area contributed by atoms with Crippen molar-refractivity contribution in [2.75, 3.05) is 6.61 Å². The van der Waals surface area contributed by atoms with Crippen molar-refractivity contribution in [3.05, 3.63) is 55.1 Å². The third-order valence-corrected chi connectivity index (χ3v) is 2.04. The molecule has 0 fully saturated rings. The Balaban J connectivity index is 2.48. The van der Waals surface area contributed by atoms with Crippen molar-refractivity contribution in [2.24, 2.45) is 0 Å². The van der Waals surface area contributed by atoms with Gasteiger partial charge in [-0.3, -0.25) is 0 Å². The fourth-order valence-electron chi connectivity index (χ4n) is 1.40. The molecule has 1 radical (unpaired) electrons. The molecule has 0 aliphatic carbocycles. The van der Waals surface area contributed by atoms with E-state index < -0.39 is 0 Å². The van der Waals surface area contributed by atoms with E-state index in [0.717, 1.165) is 11.1 Å². The van der Waals surface area contributed by atoms with Gasteiger partial charge < -0.3 is 4.74 Å². The zero-order chi connectivity index (χ0) is 9.80. The summed E-state index contributed by atoms with van der Waals surface area (Å²) in [5, 5.41) is 2.27. The van der Waals surface area contributed by atoms with E-state index in [0.29, 0.717) is 6.61 Å². The minimum Gasteiger partial charge on any atom is -0.489 e. The van der Waals surface area contributed by atoms with E-state index >= 15 is 0 Å². The van der Waals surface area contributed by atoms with Gasteiger partial charge in [-0.15, -0.1) is 0 Å². The fourth-order valence-corrected chi connectivity index (χ4v) is 1.40. The van der Waals surface area contributed by atoms with E-state index in [9.17, 15) is 0 Å². The van der Waals surface area contributed by atoms with Crippen molar-refractivity contribution in [3.63, 3.8) is 0 Å². The summed E-state index contributed by atoms with van der Waals surface area (Å²) >= 11 is 0. The molecule has 0 heterocycles. The van der Waals surface area contributed by atoms with Gasteiger partial charge in [-0.1, -0.05) is 36.9 Å². The van der Waals surface area contributed by atoms with E-state index in [1.165, 1.54) is 5.39 Å². The predicted molar refractivity (Wildman–Crippen MR) is 58.5 cm³/mol. The lowest BCUT2D eigenvalue weighted by molar-refractivity contribution is 0.367.